The summed E-state index contributed by atoms with van der Waals surface area (Å²) >= 11 is 0. The normalized spacial score (nSPS) is 15.8. The highest BCUT2D eigenvalue weighted by atomic mass is 16.5. The second-order valence-electron chi connectivity index (χ2n) is 9.61. The first-order valence-electron chi connectivity index (χ1n) is 12.6. The number of aromatic nitrogens is 2. The lowest BCUT2D eigenvalue weighted by Crippen LogP contribution is -2.43. The summed E-state index contributed by atoms with van der Waals surface area (Å²) in [6, 6.07) is 13.6. The Morgan fingerprint density at radius 2 is 1.92 bits per heavy atom. The first kappa shape index (κ1) is 25.4. The van der Waals surface area contributed by atoms with E-state index >= 15 is 0 Å². The van der Waals surface area contributed by atoms with Crippen LogP contribution in [0, 0.1) is 18.8 Å². The topological polar surface area (TPSA) is 93.5 Å². The zero-order valence-electron chi connectivity index (χ0n) is 21.4. The number of amides is 2. The van der Waals surface area contributed by atoms with Gasteiger partial charge in [0.25, 0.3) is 5.91 Å². The van der Waals surface area contributed by atoms with Gasteiger partial charge in [-0.1, -0.05) is 44.2 Å². The molecule has 0 radical (unpaired) electrons. The third-order valence-electron chi connectivity index (χ3n) is 6.57. The second kappa shape index (κ2) is 10.9. The molecule has 1 aromatic heterocycles. The molecule has 0 aliphatic carbocycles. The molecule has 2 aromatic carbocycles. The molecule has 36 heavy (non-hydrogen) atoms. The van der Waals surface area contributed by atoms with Crippen molar-refractivity contribution >= 4 is 34.5 Å². The molecule has 0 spiro atoms. The summed E-state index contributed by atoms with van der Waals surface area (Å²) in [6.45, 7) is 9.10. The molecule has 1 aliphatic heterocycles. The molecule has 1 atom stereocenters. The van der Waals surface area contributed by atoms with Crippen molar-refractivity contribution < 1.29 is 19.1 Å². The van der Waals surface area contributed by atoms with Crippen molar-refractivity contribution in [2.24, 2.45) is 11.8 Å². The van der Waals surface area contributed by atoms with Gasteiger partial charge in [0.15, 0.2) is 0 Å². The molecule has 0 unspecified atom stereocenters. The maximum Gasteiger partial charge on any atom is 0.310 e. The summed E-state index contributed by atoms with van der Waals surface area (Å²) < 4.78 is 7.26. The van der Waals surface area contributed by atoms with E-state index in [-0.39, 0.29) is 29.6 Å². The van der Waals surface area contributed by atoms with Gasteiger partial charge >= 0.3 is 5.97 Å². The molecule has 4 rings (SSSR count). The fraction of sp³-hybridized carbons (Fsp3) is 0.429. The van der Waals surface area contributed by atoms with E-state index in [1.807, 2.05) is 61.7 Å². The molecule has 0 saturated carbocycles. The maximum absolute atomic E-state index is 13.9. The van der Waals surface area contributed by atoms with Gasteiger partial charge in [-0.25, -0.2) is 4.98 Å². The van der Waals surface area contributed by atoms with Crippen LogP contribution in [0.3, 0.4) is 0 Å². The van der Waals surface area contributed by atoms with E-state index in [9.17, 15) is 14.4 Å². The molecule has 1 fully saturated rings. The smallest absolute Gasteiger partial charge is 0.310 e. The fourth-order valence-corrected chi connectivity index (χ4v) is 4.65. The Bertz CT molecular complexity index is 1270. The van der Waals surface area contributed by atoms with Crippen LogP contribution >= 0.6 is 0 Å². The van der Waals surface area contributed by atoms with E-state index in [0.29, 0.717) is 49.4 Å². The summed E-state index contributed by atoms with van der Waals surface area (Å²) in [6.07, 6.45) is 1.43. The standard InChI is InChI=1S/C28H34N4O4/c1-5-36-28(35)21-12-9-13-31(17-21)27(34)23-14-22(30-26(33)18(2)3)15-24-25(23)32(19(4)29-24)16-20-10-7-6-8-11-20/h6-8,10-11,14-15,18,21H,5,9,12-13,16-17H2,1-4H3,(H,30,33)/t21-/m1/s1. The van der Waals surface area contributed by atoms with Crippen LogP contribution in [-0.4, -0.2) is 51.9 Å². The Balaban J connectivity index is 1.77. The van der Waals surface area contributed by atoms with E-state index in [1.54, 1.807) is 17.9 Å². The van der Waals surface area contributed by atoms with Crippen molar-refractivity contribution in [2.75, 3.05) is 25.0 Å². The molecule has 8 heteroatoms. The quantitative estimate of drug-likeness (QED) is 0.496. The number of aryl methyl sites for hydroxylation is 1. The van der Waals surface area contributed by atoms with Gasteiger partial charge in [-0.15, -0.1) is 0 Å². The highest BCUT2D eigenvalue weighted by Crippen LogP contribution is 2.29. The molecule has 3 aromatic rings. The number of carbonyl (C=O) groups is 3. The first-order chi connectivity index (χ1) is 17.3. The molecule has 2 heterocycles. The molecule has 1 N–H and O–H groups in total. The molecule has 1 aliphatic rings. The van der Waals surface area contributed by atoms with E-state index in [2.05, 4.69) is 5.32 Å². The number of benzene rings is 2. The van der Waals surface area contributed by atoms with Gasteiger partial charge in [0, 0.05) is 31.2 Å². The van der Waals surface area contributed by atoms with Gasteiger partial charge in [0.05, 0.1) is 29.1 Å². The number of imidazole rings is 1. The average molecular weight is 491 g/mol. The number of esters is 1. The van der Waals surface area contributed by atoms with E-state index in [1.165, 1.54) is 0 Å². The number of nitrogens with zero attached hydrogens (tertiary/aromatic N) is 3. The van der Waals surface area contributed by atoms with Crippen molar-refractivity contribution in [1.82, 2.24) is 14.5 Å². The number of piperidine rings is 1. The van der Waals surface area contributed by atoms with Gasteiger partial charge in [0.2, 0.25) is 5.91 Å². The van der Waals surface area contributed by atoms with Gasteiger partial charge in [-0.2, -0.15) is 0 Å². The van der Waals surface area contributed by atoms with Gasteiger partial charge in [-0.05, 0) is 44.4 Å². The molecule has 190 valence electrons. The highest BCUT2D eigenvalue weighted by molar-refractivity contribution is 6.08. The Morgan fingerprint density at radius 1 is 1.17 bits per heavy atom. The van der Waals surface area contributed by atoms with Crippen LogP contribution in [0.2, 0.25) is 0 Å². The number of rotatable bonds is 7. The van der Waals surface area contributed by atoms with Crippen molar-refractivity contribution in [3.05, 3.63) is 59.4 Å². The molecular formula is C28H34N4O4. The Hall–Kier alpha value is -3.68. The highest BCUT2D eigenvalue weighted by Gasteiger charge is 2.31. The lowest BCUT2D eigenvalue weighted by Gasteiger charge is -2.32. The predicted molar refractivity (Wildman–Crippen MR) is 139 cm³/mol. The minimum Gasteiger partial charge on any atom is -0.466 e. The third kappa shape index (κ3) is 5.42. The van der Waals surface area contributed by atoms with Crippen molar-refractivity contribution in [3.8, 4) is 0 Å². The van der Waals surface area contributed by atoms with Crippen LogP contribution in [0.4, 0.5) is 5.69 Å². The largest absolute Gasteiger partial charge is 0.466 e. The molecule has 8 nitrogen and oxygen atoms in total. The third-order valence-corrected chi connectivity index (χ3v) is 6.57. The first-order valence-corrected chi connectivity index (χ1v) is 12.6. The predicted octanol–water partition coefficient (Wildman–Crippen LogP) is 4.40. The van der Waals surface area contributed by atoms with E-state index < -0.39 is 0 Å². The average Bonchev–Trinajstić information content (AvgIpc) is 3.18. The molecule has 0 bridgehead atoms. The van der Waals surface area contributed by atoms with Gasteiger partial charge in [0.1, 0.15) is 5.82 Å². The minimum atomic E-state index is -0.335. The number of fused-ring (bicyclic) bond motifs is 1. The van der Waals surface area contributed by atoms with Gasteiger partial charge < -0.3 is 19.5 Å². The van der Waals surface area contributed by atoms with E-state index in [4.69, 9.17) is 9.72 Å². The Kier molecular flexibility index (Phi) is 7.72. The number of nitrogens with one attached hydrogen (secondary N) is 1. The van der Waals surface area contributed by atoms with Crippen LogP contribution in [0.1, 0.15) is 55.4 Å². The number of carbonyl (C=O) groups excluding carboxylic acids is 3. The SMILES string of the molecule is CCOC(=O)[C@@H]1CCCN(C(=O)c2cc(NC(=O)C(C)C)cc3nc(C)n(Cc4ccccc4)c23)C1. The van der Waals surface area contributed by atoms with Crippen LogP contribution < -0.4 is 5.32 Å². The van der Waals surface area contributed by atoms with E-state index in [0.717, 1.165) is 23.3 Å². The van der Waals surface area contributed by atoms with Crippen molar-refractivity contribution in [2.45, 2.75) is 47.1 Å². The monoisotopic (exact) mass is 490 g/mol. The Labute approximate surface area is 211 Å². The summed E-state index contributed by atoms with van der Waals surface area (Å²) in [5, 5.41) is 2.92. The Morgan fingerprint density at radius 3 is 2.61 bits per heavy atom. The zero-order chi connectivity index (χ0) is 25.8. The summed E-state index contributed by atoms with van der Waals surface area (Å²) in [4.78, 5) is 45.2. The molecule has 2 amide bonds. The van der Waals surface area contributed by atoms with Gasteiger partial charge in [-0.3, -0.25) is 14.4 Å². The number of ether oxygens (including phenoxy) is 1. The lowest BCUT2D eigenvalue weighted by atomic mass is 9.97. The van der Waals surface area contributed by atoms with Crippen molar-refractivity contribution in [1.29, 1.82) is 0 Å². The van der Waals surface area contributed by atoms with Crippen LogP contribution in [0.5, 0.6) is 0 Å². The fourth-order valence-electron chi connectivity index (χ4n) is 4.65. The maximum atomic E-state index is 13.9. The molecular weight excluding hydrogens is 456 g/mol. The summed E-state index contributed by atoms with van der Waals surface area (Å²) in [5.74, 6) is -0.332. The van der Waals surface area contributed by atoms with Crippen LogP contribution in [0.15, 0.2) is 42.5 Å². The summed E-state index contributed by atoms with van der Waals surface area (Å²) in [5.41, 5.74) is 3.46. The van der Waals surface area contributed by atoms with Crippen LogP contribution in [0.25, 0.3) is 11.0 Å². The minimum absolute atomic E-state index is 0.131. The summed E-state index contributed by atoms with van der Waals surface area (Å²) in [7, 11) is 0. The number of hydrogen-bond donors (Lipinski definition) is 1. The number of likely N-dealkylation sites (tertiary alicyclic amines) is 1. The molecule has 1 saturated heterocycles. The second-order valence-corrected chi connectivity index (χ2v) is 9.61. The van der Waals surface area contributed by atoms with Crippen LogP contribution in [-0.2, 0) is 20.9 Å². The number of anilines is 1. The zero-order valence-corrected chi connectivity index (χ0v) is 21.4. The van der Waals surface area contributed by atoms with Crippen molar-refractivity contribution in [3.63, 3.8) is 0 Å². The lowest BCUT2D eigenvalue weighted by molar-refractivity contribution is -0.149. The number of hydrogen-bond acceptors (Lipinski definition) is 5.